The first-order valence-corrected chi connectivity index (χ1v) is 4.63. The van der Waals surface area contributed by atoms with E-state index in [9.17, 15) is 0 Å². The van der Waals surface area contributed by atoms with Gasteiger partial charge in [0.05, 0.1) is 3.58 Å². The number of rotatable bonds is 2. The van der Waals surface area contributed by atoms with Crippen LogP contribution in [0.2, 0.25) is 0 Å². The van der Waals surface area contributed by atoms with Gasteiger partial charge in [-0.1, -0.05) is 24.3 Å². The molecule has 11 heavy (non-hydrogen) atoms. The molecule has 0 aromatic carbocycles. The van der Waals surface area contributed by atoms with Crippen LogP contribution < -0.4 is 0 Å². The third kappa shape index (κ3) is 4.46. The van der Waals surface area contributed by atoms with Gasteiger partial charge in [0.15, 0.2) is 0 Å². The fourth-order valence-electron chi connectivity index (χ4n) is 0.493. The Morgan fingerprint density at radius 3 is 2.55 bits per heavy atom. The summed E-state index contributed by atoms with van der Waals surface area (Å²) in [5.74, 6) is 0. The van der Waals surface area contributed by atoms with Crippen LogP contribution in [0, 0.1) is 0 Å². The van der Waals surface area contributed by atoms with Crippen LogP contribution in [0.5, 0.6) is 0 Å². The Balaban J connectivity index is 4.60. The minimum atomic E-state index is 0.743. The molecule has 0 radical (unpaired) electrons. The van der Waals surface area contributed by atoms with Crippen LogP contribution in [0.3, 0.4) is 0 Å². The lowest BCUT2D eigenvalue weighted by Crippen LogP contribution is -1.73. The van der Waals surface area contributed by atoms with Crippen molar-refractivity contribution < 1.29 is 0 Å². The zero-order valence-electron chi connectivity index (χ0n) is 6.62. The molecule has 0 atom stereocenters. The quantitative estimate of drug-likeness (QED) is 0.404. The molecule has 0 N–H and O–H groups in total. The lowest BCUT2D eigenvalue weighted by molar-refractivity contribution is 1.50. The van der Waals surface area contributed by atoms with E-state index < -0.39 is 0 Å². The van der Waals surface area contributed by atoms with Gasteiger partial charge in [0.1, 0.15) is 0 Å². The fraction of sp³-hybridized carbons (Fsp3) is 0.222. The summed E-state index contributed by atoms with van der Waals surface area (Å²) >= 11 is 7.95. The summed E-state index contributed by atoms with van der Waals surface area (Å²) in [5, 5.41) is 0.743. The molecule has 0 aliphatic heterocycles. The van der Waals surface area contributed by atoms with Crippen molar-refractivity contribution in [3.8, 4) is 0 Å². The van der Waals surface area contributed by atoms with Crippen LogP contribution in [0.4, 0.5) is 0 Å². The predicted octanol–water partition coefficient (Wildman–Crippen LogP) is 4.18. The Kier molecular flexibility index (Phi) is 5.65. The van der Waals surface area contributed by atoms with Gasteiger partial charge < -0.3 is 0 Å². The maximum absolute atomic E-state index is 5.78. The third-order valence-electron chi connectivity index (χ3n) is 1.13. The first kappa shape index (κ1) is 11.0. The van der Waals surface area contributed by atoms with E-state index in [1.165, 1.54) is 0 Å². The van der Waals surface area contributed by atoms with Gasteiger partial charge in [0, 0.05) is 5.03 Å². The van der Waals surface area contributed by atoms with Crippen LogP contribution in [-0.4, -0.2) is 0 Å². The molecule has 0 unspecified atom stereocenters. The maximum atomic E-state index is 5.78. The largest absolute Gasteiger partial charge is 0.114 e. The smallest absolute Gasteiger partial charge is 0.0571 e. The molecule has 0 heterocycles. The van der Waals surface area contributed by atoms with E-state index in [-0.39, 0.29) is 0 Å². The molecule has 0 nitrogen and oxygen atoms in total. The normalized spacial score (nSPS) is 12.7. The number of hydrogen-bond donors (Lipinski definition) is 0. The SMILES string of the molecule is C=C=C(I)/C(C)=C\C(Cl)=C/C. The fourth-order valence-corrected chi connectivity index (χ4v) is 0.812. The zero-order chi connectivity index (χ0) is 8.85. The molecule has 2 heteroatoms. The number of allylic oxidation sites excluding steroid dienone is 5. The van der Waals surface area contributed by atoms with Gasteiger partial charge in [0.25, 0.3) is 0 Å². The van der Waals surface area contributed by atoms with Crippen LogP contribution in [0.15, 0.2) is 38.6 Å². The average Bonchev–Trinajstić information content (AvgIpc) is 2.02. The molecule has 60 valence electrons. The first-order chi connectivity index (χ1) is 5.11. The lowest BCUT2D eigenvalue weighted by Gasteiger charge is -1.94. The zero-order valence-corrected chi connectivity index (χ0v) is 9.53. The van der Waals surface area contributed by atoms with Crippen molar-refractivity contribution in [2.45, 2.75) is 13.8 Å². The van der Waals surface area contributed by atoms with Gasteiger partial charge in [-0.2, -0.15) is 0 Å². The summed E-state index contributed by atoms with van der Waals surface area (Å²) in [4.78, 5) is 0. The van der Waals surface area contributed by atoms with E-state index >= 15 is 0 Å². The minimum Gasteiger partial charge on any atom is -0.114 e. The molecule has 0 aromatic rings. The highest BCUT2D eigenvalue weighted by Crippen LogP contribution is 2.18. The molecule has 0 saturated carbocycles. The Bertz CT molecular complexity index is 242. The Morgan fingerprint density at radius 2 is 2.18 bits per heavy atom. The van der Waals surface area contributed by atoms with E-state index in [1.807, 2.05) is 26.0 Å². The van der Waals surface area contributed by atoms with Gasteiger partial charge in [-0.25, -0.2) is 0 Å². The van der Waals surface area contributed by atoms with Crippen molar-refractivity contribution in [1.82, 2.24) is 0 Å². The molecule has 0 aromatic heterocycles. The summed E-state index contributed by atoms with van der Waals surface area (Å²) < 4.78 is 1.00. The summed E-state index contributed by atoms with van der Waals surface area (Å²) in [7, 11) is 0. The third-order valence-corrected chi connectivity index (χ3v) is 2.69. The molecule has 0 bridgehead atoms. The van der Waals surface area contributed by atoms with Crippen LogP contribution in [0.1, 0.15) is 13.8 Å². The summed E-state index contributed by atoms with van der Waals surface area (Å²) in [6.45, 7) is 7.42. The van der Waals surface area contributed by atoms with Crippen LogP contribution in [-0.2, 0) is 0 Å². The Labute approximate surface area is 86.5 Å². The Morgan fingerprint density at radius 1 is 1.64 bits per heavy atom. The van der Waals surface area contributed by atoms with E-state index in [0.717, 1.165) is 14.2 Å². The average molecular weight is 281 g/mol. The maximum Gasteiger partial charge on any atom is 0.0571 e. The standard InChI is InChI=1S/C9H10ClI/c1-4-8(10)6-7(3)9(11)5-2/h4,6H,2H2,1,3H3/b7-6-,8-4+. The van der Waals surface area contributed by atoms with Gasteiger partial charge in [-0.05, 0) is 48.1 Å². The second kappa shape index (κ2) is 5.64. The van der Waals surface area contributed by atoms with Crippen molar-refractivity contribution in [3.05, 3.63) is 38.6 Å². The van der Waals surface area contributed by atoms with Crippen molar-refractivity contribution in [3.63, 3.8) is 0 Å². The monoisotopic (exact) mass is 280 g/mol. The molecule has 0 amide bonds. The minimum absolute atomic E-state index is 0.743. The van der Waals surface area contributed by atoms with Gasteiger partial charge in [-0.3, -0.25) is 0 Å². The molecule has 0 aliphatic rings. The molecule has 0 rings (SSSR count). The summed E-state index contributed by atoms with van der Waals surface area (Å²) in [6, 6.07) is 0. The molecule has 0 fully saturated rings. The molecular weight excluding hydrogens is 270 g/mol. The van der Waals surface area contributed by atoms with Crippen LogP contribution >= 0.6 is 34.2 Å². The second-order valence-corrected chi connectivity index (χ2v) is 3.51. The lowest BCUT2D eigenvalue weighted by atomic mass is 10.2. The molecular formula is C9H10ClI. The molecule has 0 aliphatic carbocycles. The van der Waals surface area contributed by atoms with E-state index in [2.05, 4.69) is 34.9 Å². The predicted molar refractivity (Wildman–Crippen MR) is 60.0 cm³/mol. The Hall–Kier alpha value is 0.0200. The molecule has 0 spiro atoms. The highest BCUT2D eigenvalue weighted by atomic mass is 127. The van der Waals surface area contributed by atoms with Crippen LogP contribution in [0.25, 0.3) is 0 Å². The van der Waals surface area contributed by atoms with Gasteiger partial charge >= 0.3 is 0 Å². The van der Waals surface area contributed by atoms with E-state index in [1.54, 1.807) is 0 Å². The summed E-state index contributed by atoms with van der Waals surface area (Å²) in [5.41, 5.74) is 3.88. The van der Waals surface area contributed by atoms with Crippen molar-refractivity contribution in [2.24, 2.45) is 0 Å². The molecule has 0 saturated heterocycles. The first-order valence-electron chi connectivity index (χ1n) is 3.17. The van der Waals surface area contributed by atoms with Crippen molar-refractivity contribution in [1.29, 1.82) is 0 Å². The van der Waals surface area contributed by atoms with Gasteiger partial charge in [0.2, 0.25) is 0 Å². The van der Waals surface area contributed by atoms with E-state index in [0.29, 0.717) is 0 Å². The van der Waals surface area contributed by atoms with Crippen molar-refractivity contribution in [2.75, 3.05) is 0 Å². The van der Waals surface area contributed by atoms with E-state index in [4.69, 9.17) is 11.6 Å². The number of hydrogen-bond acceptors (Lipinski definition) is 0. The highest BCUT2D eigenvalue weighted by Gasteiger charge is 1.92. The van der Waals surface area contributed by atoms with Gasteiger partial charge in [-0.15, -0.1) is 5.73 Å². The number of halogens is 2. The summed E-state index contributed by atoms with van der Waals surface area (Å²) in [6.07, 6.45) is 3.74. The second-order valence-electron chi connectivity index (χ2n) is 1.99. The van der Waals surface area contributed by atoms with Crippen molar-refractivity contribution >= 4 is 34.2 Å². The topological polar surface area (TPSA) is 0 Å². The highest BCUT2D eigenvalue weighted by molar-refractivity contribution is 14.1.